The zero-order chi connectivity index (χ0) is 9.68. The summed E-state index contributed by atoms with van der Waals surface area (Å²) in [5.74, 6) is 0. The van der Waals surface area contributed by atoms with Gasteiger partial charge in [0.15, 0.2) is 0 Å². The number of hydrogen-bond acceptors (Lipinski definition) is 4. The second-order valence-corrected chi connectivity index (χ2v) is 3.58. The quantitative estimate of drug-likeness (QED) is 0.586. The predicted octanol–water partition coefficient (Wildman–Crippen LogP) is -0.239. The molecule has 0 aliphatic carbocycles. The Morgan fingerprint density at radius 1 is 1.54 bits per heavy atom. The molecular weight excluding hydrogens is 170 g/mol. The summed E-state index contributed by atoms with van der Waals surface area (Å²) in [5.41, 5.74) is 0. The van der Waals surface area contributed by atoms with Crippen LogP contribution in [0.4, 0.5) is 0 Å². The molecule has 0 amide bonds. The molecule has 1 saturated heterocycles. The van der Waals surface area contributed by atoms with Crippen molar-refractivity contribution in [2.24, 2.45) is 0 Å². The molecule has 4 nitrogen and oxygen atoms in total. The van der Waals surface area contributed by atoms with Gasteiger partial charge in [0.05, 0.1) is 38.1 Å². The maximum absolute atomic E-state index is 9.37. The Morgan fingerprint density at radius 3 is 2.85 bits per heavy atom. The van der Waals surface area contributed by atoms with Gasteiger partial charge in [-0.1, -0.05) is 0 Å². The van der Waals surface area contributed by atoms with E-state index in [0.29, 0.717) is 19.8 Å². The molecule has 0 bridgehead atoms. The van der Waals surface area contributed by atoms with Crippen LogP contribution in [0.15, 0.2) is 0 Å². The highest BCUT2D eigenvalue weighted by molar-refractivity contribution is 4.80. The summed E-state index contributed by atoms with van der Waals surface area (Å²) in [4.78, 5) is 0. The van der Waals surface area contributed by atoms with Crippen LogP contribution >= 0.6 is 0 Å². The SMILES string of the molecule is CC(C)OCCNC1COCC1O. The fourth-order valence-electron chi connectivity index (χ4n) is 1.28. The summed E-state index contributed by atoms with van der Waals surface area (Å²) in [7, 11) is 0. The number of aliphatic hydroxyl groups is 1. The van der Waals surface area contributed by atoms with E-state index in [0.717, 1.165) is 6.54 Å². The van der Waals surface area contributed by atoms with Crippen molar-refractivity contribution < 1.29 is 14.6 Å². The summed E-state index contributed by atoms with van der Waals surface area (Å²) in [6.07, 6.45) is -0.0920. The van der Waals surface area contributed by atoms with Crippen LogP contribution in [-0.4, -0.2) is 49.7 Å². The summed E-state index contributed by atoms with van der Waals surface area (Å²) in [6, 6.07) is 0.0794. The fourth-order valence-corrected chi connectivity index (χ4v) is 1.28. The van der Waals surface area contributed by atoms with Crippen LogP contribution in [0.2, 0.25) is 0 Å². The zero-order valence-electron chi connectivity index (χ0n) is 8.32. The van der Waals surface area contributed by atoms with E-state index in [-0.39, 0.29) is 18.2 Å². The van der Waals surface area contributed by atoms with Crippen molar-refractivity contribution in [1.82, 2.24) is 5.32 Å². The molecule has 0 radical (unpaired) electrons. The van der Waals surface area contributed by atoms with E-state index in [2.05, 4.69) is 5.32 Å². The highest BCUT2D eigenvalue weighted by Crippen LogP contribution is 2.04. The Morgan fingerprint density at radius 2 is 2.31 bits per heavy atom. The van der Waals surface area contributed by atoms with Crippen molar-refractivity contribution >= 4 is 0 Å². The number of ether oxygens (including phenoxy) is 2. The molecule has 78 valence electrons. The van der Waals surface area contributed by atoms with Gasteiger partial charge in [-0.05, 0) is 13.8 Å². The maximum Gasteiger partial charge on any atom is 0.0948 e. The molecule has 1 rings (SSSR count). The van der Waals surface area contributed by atoms with Crippen molar-refractivity contribution in [3.05, 3.63) is 0 Å². The number of nitrogens with one attached hydrogen (secondary N) is 1. The van der Waals surface area contributed by atoms with Crippen molar-refractivity contribution in [2.45, 2.75) is 32.1 Å². The highest BCUT2D eigenvalue weighted by atomic mass is 16.5. The molecule has 0 saturated carbocycles. The average molecular weight is 189 g/mol. The summed E-state index contributed by atoms with van der Waals surface area (Å²) in [5, 5.41) is 12.6. The average Bonchev–Trinajstić information content (AvgIpc) is 2.45. The normalized spacial score (nSPS) is 28.6. The van der Waals surface area contributed by atoms with Crippen LogP contribution < -0.4 is 5.32 Å². The fraction of sp³-hybridized carbons (Fsp3) is 1.00. The molecule has 1 aliphatic rings. The molecule has 2 N–H and O–H groups in total. The van der Waals surface area contributed by atoms with Crippen molar-refractivity contribution in [3.8, 4) is 0 Å². The number of rotatable bonds is 5. The van der Waals surface area contributed by atoms with E-state index in [1.807, 2.05) is 13.8 Å². The molecule has 0 aromatic carbocycles. The van der Waals surface area contributed by atoms with Crippen LogP contribution in [-0.2, 0) is 9.47 Å². The first-order valence-corrected chi connectivity index (χ1v) is 4.81. The van der Waals surface area contributed by atoms with E-state index in [4.69, 9.17) is 9.47 Å². The molecule has 1 heterocycles. The molecule has 1 fully saturated rings. The molecule has 0 aromatic heterocycles. The maximum atomic E-state index is 9.37. The van der Waals surface area contributed by atoms with Gasteiger partial charge in [-0.2, -0.15) is 0 Å². The monoisotopic (exact) mass is 189 g/mol. The second kappa shape index (κ2) is 5.54. The Labute approximate surface area is 79.2 Å². The van der Waals surface area contributed by atoms with Crippen LogP contribution in [0.5, 0.6) is 0 Å². The third-order valence-electron chi connectivity index (χ3n) is 2.01. The second-order valence-electron chi connectivity index (χ2n) is 3.58. The minimum Gasteiger partial charge on any atom is -0.389 e. The third kappa shape index (κ3) is 4.04. The van der Waals surface area contributed by atoms with E-state index in [1.165, 1.54) is 0 Å². The van der Waals surface area contributed by atoms with Crippen molar-refractivity contribution in [3.63, 3.8) is 0 Å². The molecular formula is C9H19NO3. The van der Waals surface area contributed by atoms with Crippen LogP contribution in [0, 0.1) is 0 Å². The zero-order valence-corrected chi connectivity index (χ0v) is 8.32. The van der Waals surface area contributed by atoms with E-state index in [1.54, 1.807) is 0 Å². The lowest BCUT2D eigenvalue weighted by Gasteiger charge is -2.15. The smallest absolute Gasteiger partial charge is 0.0948 e. The number of aliphatic hydroxyl groups excluding tert-OH is 1. The van der Waals surface area contributed by atoms with E-state index < -0.39 is 0 Å². The lowest BCUT2D eigenvalue weighted by atomic mass is 10.2. The molecule has 2 atom stereocenters. The first-order chi connectivity index (χ1) is 6.20. The molecule has 0 aromatic rings. The first-order valence-electron chi connectivity index (χ1n) is 4.81. The largest absolute Gasteiger partial charge is 0.389 e. The van der Waals surface area contributed by atoms with Gasteiger partial charge in [0.1, 0.15) is 0 Å². The first kappa shape index (κ1) is 10.9. The predicted molar refractivity (Wildman–Crippen MR) is 49.7 cm³/mol. The van der Waals surface area contributed by atoms with E-state index >= 15 is 0 Å². The standard InChI is InChI=1S/C9H19NO3/c1-7(2)13-4-3-10-8-5-12-6-9(8)11/h7-11H,3-6H2,1-2H3. The van der Waals surface area contributed by atoms with Gasteiger partial charge in [0.2, 0.25) is 0 Å². The lowest BCUT2D eigenvalue weighted by Crippen LogP contribution is -2.40. The number of hydrogen-bond donors (Lipinski definition) is 2. The van der Waals surface area contributed by atoms with Gasteiger partial charge in [0.25, 0.3) is 0 Å². The Kier molecular flexibility index (Phi) is 4.66. The van der Waals surface area contributed by atoms with Crippen LogP contribution in [0.25, 0.3) is 0 Å². The topological polar surface area (TPSA) is 50.7 Å². The van der Waals surface area contributed by atoms with Gasteiger partial charge in [-0.25, -0.2) is 0 Å². The molecule has 1 aliphatic heterocycles. The van der Waals surface area contributed by atoms with Crippen LogP contribution in [0.3, 0.4) is 0 Å². The summed E-state index contributed by atoms with van der Waals surface area (Å²) in [6.45, 7) is 6.51. The molecule has 13 heavy (non-hydrogen) atoms. The summed E-state index contributed by atoms with van der Waals surface area (Å²) < 4.78 is 10.4. The lowest BCUT2D eigenvalue weighted by molar-refractivity contribution is 0.0756. The summed E-state index contributed by atoms with van der Waals surface area (Å²) >= 11 is 0. The van der Waals surface area contributed by atoms with Crippen molar-refractivity contribution in [2.75, 3.05) is 26.4 Å². The molecule has 0 spiro atoms. The molecule has 2 unspecified atom stereocenters. The van der Waals surface area contributed by atoms with Gasteiger partial charge in [-0.3, -0.25) is 0 Å². The van der Waals surface area contributed by atoms with E-state index in [9.17, 15) is 5.11 Å². The van der Waals surface area contributed by atoms with Crippen molar-refractivity contribution in [1.29, 1.82) is 0 Å². The third-order valence-corrected chi connectivity index (χ3v) is 2.01. The Balaban J connectivity index is 1.99. The minimum atomic E-state index is -0.362. The van der Waals surface area contributed by atoms with Gasteiger partial charge < -0.3 is 19.9 Å². The minimum absolute atomic E-state index is 0.0794. The van der Waals surface area contributed by atoms with Gasteiger partial charge in [-0.15, -0.1) is 0 Å². The Hall–Kier alpha value is -0.160. The van der Waals surface area contributed by atoms with Gasteiger partial charge in [0, 0.05) is 6.54 Å². The molecule has 4 heteroatoms. The Bertz CT molecular complexity index is 141. The highest BCUT2D eigenvalue weighted by Gasteiger charge is 2.24. The van der Waals surface area contributed by atoms with Crippen LogP contribution in [0.1, 0.15) is 13.8 Å². The van der Waals surface area contributed by atoms with Gasteiger partial charge >= 0.3 is 0 Å².